The fourth-order valence-corrected chi connectivity index (χ4v) is 4.93. The van der Waals surface area contributed by atoms with Gasteiger partial charge in [0.05, 0.1) is 4.90 Å². The van der Waals surface area contributed by atoms with Crippen molar-refractivity contribution in [2.45, 2.75) is 75.9 Å². The van der Waals surface area contributed by atoms with E-state index >= 15 is 0 Å². The lowest BCUT2D eigenvalue weighted by Crippen LogP contribution is -2.47. The average Bonchev–Trinajstić information content (AvgIpc) is 3.65. The highest BCUT2D eigenvalue weighted by molar-refractivity contribution is 7.89. The van der Waals surface area contributed by atoms with Crippen molar-refractivity contribution in [3.05, 3.63) is 65.5 Å². The van der Waals surface area contributed by atoms with Crippen LogP contribution in [0.1, 0.15) is 57.1 Å². The maximum atomic E-state index is 13.3. The maximum Gasteiger partial charge on any atom is 0.242 e. The molecule has 0 heterocycles. The number of carbonyl (C=O) groups is 2. The molecule has 0 bridgehead atoms. The van der Waals surface area contributed by atoms with E-state index in [0.717, 1.165) is 36.8 Å². The third kappa shape index (κ3) is 8.14. The molecule has 7 nitrogen and oxygen atoms in total. The van der Waals surface area contributed by atoms with Crippen molar-refractivity contribution in [3.8, 4) is 0 Å². The van der Waals surface area contributed by atoms with Gasteiger partial charge in [-0.1, -0.05) is 37.6 Å². The number of hydrogen-bond donors (Lipinski definition) is 2. The minimum Gasteiger partial charge on any atom is -0.354 e. The van der Waals surface area contributed by atoms with Crippen LogP contribution in [-0.4, -0.2) is 43.8 Å². The normalized spacial score (nSPS) is 14.4. The van der Waals surface area contributed by atoms with Crippen LogP contribution in [0.3, 0.4) is 0 Å². The van der Waals surface area contributed by atoms with Crippen LogP contribution in [0.2, 0.25) is 0 Å². The lowest BCUT2D eigenvalue weighted by molar-refractivity contribution is -0.140. The van der Waals surface area contributed by atoms with Gasteiger partial charge in [-0.05, 0) is 68.0 Å². The summed E-state index contributed by atoms with van der Waals surface area (Å²) >= 11 is 0. The molecule has 1 aliphatic rings. The second-order valence-corrected chi connectivity index (χ2v) is 10.7. The summed E-state index contributed by atoms with van der Waals surface area (Å²) in [6.45, 7) is 4.45. The van der Waals surface area contributed by atoms with Crippen LogP contribution >= 0.6 is 0 Å². The number of halogens is 1. The van der Waals surface area contributed by atoms with Gasteiger partial charge in [-0.25, -0.2) is 17.5 Å². The third-order valence-corrected chi connectivity index (χ3v) is 7.56. The molecule has 2 amide bonds. The number of rotatable bonds is 13. The molecule has 190 valence electrons. The lowest BCUT2D eigenvalue weighted by Gasteiger charge is -2.29. The molecule has 1 saturated carbocycles. The Labute approximate surface area is 207 Å². The van der Waals surface area contributed by atoms with Crippen molar-refractivity contribution in [1.29, 1.82) is 0 Å². The number of sulfonamides is 1. The van der Waals surface area contributed by atoms with E-state index in [0.29, 0.717) is 13.0 Å². The quantitative estimate of drug-likeness (QED) is 0.409. The summed E-state index contributed by atoms with van der Waals surface area (Å²) in [5.41, 5.74) is 1.55. The van der Waals surface area contributed by atoms with Gasteiger partial charge in [-0.3, -0.25) is 9.59 Å². The summed E-state index contributed by atoms with van der Waals surface area (Å²) in [5.74, 6) is -0.805. The fourth-order valence-electron chi connectivity index (χ4n) is 3.62. The van der Waals surface area contributed by atoms with E-state index in [4.69, 9.17) is 0 Å². The summed E-state index contributed by atoms with van der Waals surface area (Å²) in [5, 5.41) is 2.87. The second kappa shape index (κ2) is 12.3. The SMILES string of the molecule is CCCCNC(=O)C(C)N(Cc1ccc(F)cc1)C(=O)CCc1ccc(S(=O)(=O)NC2CC2)cc1. The number of aryl methyl sites for hydroxylation is 1. The number of benzene rings is 2. The predicted octanol–water partition coefficient (Wildman–Crippen LogP) is 3.53. The second-order valence-electron chi connectivity index (χ2n) is 9.01. The van der Waals surface area contributed by atoms with Gasteiger partial charge in [-0.15, -0.1) is 0 Å². The molecule has 9 heteroatoms. The van der Waals surface area contributed by atoms with Gasteiger partial charge in [-0.2, -0.15) is 0 Å². The molecule has 2 N–H and O–H groups in total. The van der Waals surface area contributed by atoms with Gasteiger partial charge in [0.2, 0.25) is 21.8 Å². The molecule has 1 unspecified atom stereocenters. The molecule has 35 heavy (non-hydrogen) atoms. The molecule has 0 aliphatic heterocycles. The van der Waals surface area contributed by atoms with Crippen LogP contribution in [0.25, 0.3) is 0 Å². The Kier molecular flexibility index (Phi) is 9.40. The standard InChI is InChI=1S/C26H34FN3O4S/c1-3-4-17-28-26(32)19(2)30(18-21-5-10-22(27)11-6-21)25(31)16-9-20-7-14-24(15-8-20)35(33,34)29-23-12-13-23/h5-8,10-11,14-15,19,23,29H,3-4,9,12-13,16-18H2,1-2H3,(H,28,32). The van der Waals surface area contributed by atoms with Crippen molar-refractivity contribution in [2.24, 2.45) is 0 Å². The van der Waals surface area contributed by atoms with Gasteiger partial charge in [0.15, 0.2) is 0 Å². The lowest BCUT2D eigenvalue weighted by atomic mass is 10.1. The van der Waals surface area contributed by atoms with E-state index in [2.05, 4.69) is 10.0 Å². The monoisotopic (exact) mass is 503 g/mol. The number of carbonyl (C=O) groups excluding carboxylic acids is 2. The molecule has 0 saturated heterocycles. The minimum atomic E-state index is -3.52. The van der Waals surface area contributed by atoms with Crippen molar-refractivity contribution in [2.75, 3.05) is 6.54 Å². The summed E-state index contributed by atoms with van der Waals surface area (Å²) in [6.07, 6.45) is 4.08. The molecule has 1 atom stereocenters. The van der Waals surface area contributed by atoms with Gasteiger partial charge >= 0.3 is 0 Å². The first-order valence-corrected chi connectivity index (χ1v) is 13.6. The Morgan fingerprint density at radius 2 is 1.69 bits per heavy atom. The van der Waals surface area contributed by atoms with E-state index in [1.165, 1.54) is 17.0 Å². The highest BCUT2D eigenvalue weighted by Gasteiger charge is 2.28. The number of unbranched alkanes of at least 4 members (excludes halogenated alkanes) is 1. The predicted molar refractivity (Wildman–Crippen MR) is 132 cm³/mol. The van der Waals surface area contributed by atoms with E-state index in [1.54, 1.807) is 43.3 Å². The first kappa shape index (κ1) is 26.8. The van der Waals surface area contributed by atoms with Crippen molar-refractivity contribution in [3.63, 3.8) is 0 Å². The van der Waals surface area contributed by atoms with Crippen LogP contribution < -0.4 is 10.0 Å². The Bertz CT molecular complexity index is 1100. The Morgan fingerprint density at radius 1 is 1.06 bits per heavy atom. The molecule has 0 radical (unpaired) electrons. The number of hydrogen-bond acceptors (Lipinski definition) is 4. The van der Waals surface area contributed by atoms with Gasteiger partial charge in [0, 0.05) is 25.6 Å². The van der Waals surface area contributed by atoms with Crippen LogP contribution in [0.4, 0.5) is 4.39 Å². The van der Waals surface area contributed by atoms with Crippen LogP contribution in [0.15, 0.2) is 53.4 Å². The summed E-state index contributed by atoms with van der Waals surface area (Å²) in [7, 11) is -3.52. The largest absolute Gasteiger partial charge is 0.354 e. The van der Waals surface area contributed by atoms with Gasteiger partial charge in [0.1, 0.15) is 11.9 Å². The highest BCUT2D eigenvalue weighted by Crippen LogP contribution is 2.22. The van der Waals surface area contributed by atoms with E-state index < -0.39 is 16.1 Å². The number of nitrogens with one attached hydrogen (secondary N) is 2. The highest BCUT2D eigenvalue weighted by atomic mass is 32.2. The molecule has 1 aliphatic carbocycles. The Morgan fingerprint density at radius 3 is 2.29 bits per heavy atom. The average molecular weight is 504 g/mol. The van der Waals surface area contributed by atoms with Crippen LogP contribution in [-0.2, 0) is 32.6 Å². The summed E-state index contributed by atoms with van der Waals surface area (Å²) in [4.78, 5) is 27.6. The van der Waals surface area contributed by atoms with E-state index in [1.807, 2.05) is 6.92 Å². The van der Waals surface area contributed by atoms with E-state index in [9.17, 15) is 22.4 Å². The zero-order valence-corrected chi connectivity index (χ0v) is 21.1. The van der Waals surface area contributed by atoms with Crippen LogP contribution in [0.5, 0.6) is 0 Å². The fraction of sp³-hybridized carbons (Fsp3) is 0.462. The molecule has 0 spiro atoms. The zero-order valence-electron chi connectivity index (χ0n) is 20.3. The molecular weight excluding hydrogens is 469 g/mol. The van der Waals surface area contributed by atoms with E-state index in [-0.39, 0.29) is 41.5 Å². The molecule has 0 aromatic heterocycles. The van der Waals surface area contributed by atoms with Gasteiger partial charge < -0.3 is 10.2 Å². The Hall–Kier alpha value is -2.78. The van der Waals surface area contributed by atoms with Crippen LogP contribution in [0, 0.1) is 5.82 Å². The van der Waals surface area contributed by atoms with Gasteiger partial charge in [0.25, 0.3) is 0 Å². The van der Waals surface area contributed by atoms with Crippen molar-refractivity contribution >= 4 is 21.8 Å². The van der Waals surface area contributed by atoms with Crippen molar-refractivity contribution in [1.82, 2.24) is 14.9 Å². The molecule has 3 rings (SSSR count). The smallest absolute Gasteiger partial charge is 0.242 e. The molecular formula is C26H34FN3O4S. The topological polar surface area (TPSA) is 95.6 Å². The number of nitrogens with zero attached hydrogens (tertiary/aromatic N) is 1. The zero-order chi connectivity index (χ0) is 25.4. The minimum absolute atomic E-state index is 0.0329. The maximum absolute atomic E-state index is 13.3. The molecule has 2 aromatic carbocycles. The first-order valence-electron chi connectivity index (χ1n) is 12.1. The third-order valence-electron chi connectivity index (χ3n) is 6.02. The molecule has 1 fully saturated rings. The summed E-state index contributed by atoms with van der Waals surface area (Å²) in [6, 6.07) is 11.7. The first-order chi connectivity index (χ1) is 16.7. The number of amides is 2. The Balaban J connectivity index is 1.65. The summed E-state index contributed by atoms with van der Waals surface area (Å²) < 4.78 is 40.7. The molecule has 2 aromatic rings. The van der Waals surface area contributed by atoms with Crippen molar-refractivity contribution < 1.29 is 22.4 Å².